The van der Waals surface area contributed by atoms with Gasteiger partial charge in [-0.05, 0) is 30.2 Å². The van der Waals surface area contributed by atoms with E-state index in [1.54, 1.807) is 48.5 Å². The molecule has 1 heterocycles. The molecule has 0 bridgehead atoms. The van der Waals surface area contributed by atoms with Crippen LogP contribution in [0.4, 0.5) is 0 Å². The predicted octanol–water partition coefficient (Wildman–Crippen LogP) is 4.26. The van der Waals surface area contributed by atoms with Crippen LogP contribution in [0.15, 0.2) is 57.7 Å². The van der Waals surface area contributed by atoms with E-state index in [0.717, 1.165) is 0 Å². The fourth-order valence-electron chi connectivity index (χ4n) is 2.59. The lowest BCUT2D eigenvalue weighted by Gasteiger charge is -2.13. The molecule has 0 fully saturated rings. The Morgan fingerprint density at radius 3 is 2.59 bits per heavy atom. The molecule has 6 heteroatoms. The fraction of sp³-hybridized carbons (Fsp3) is 0.238. The van der Waals surface area contributed by atoms with Gasteiger partial charge in [-0.2, -0.15) is 0 Å². The highest BCUT2D eigenvalue weighted by Crippen LogP contribution is 2.35. The lowest BCUT2D eigenvalue weighted by Crippen LogP contribution is -2.32. The van der Waals surface area contributed by atoms with E-state index in [2.05, 4.69) is 5.32 Å². The first-order chi connectivity index (χ1) is 13.0. The maximum Gasteiger partial charge on any atom is 0.257 e. The average Bonchev–Trinajstić information content (AvgIpc) is 2.66. The highest BCUT2D eigenvalue weighted by molar-refractivity contribution is 6.33. The van der Waals surface area contributed by atoms with Crippen LogP contribution in [-0.2, 0) is 4.79 Å². The van der Waals surface area contributed by atoms with Crippen LogP contribution in [0.25, 0.3) is 22.3 Å². The van der Waals surface area contributed by atoms with E-state index in [4.69, 9.17) is 20.8 Å². The van der Waals surface area contributed by atoms with Crippen molar-refractivity contribution in [2.24, 2.45) is 5.92 Å². The minimum Gasteiger partial charge on any atom is -0.476 e. The molecular formula is C21H20ClNO4. The summed E-state index contributed by atoms with van der Waals surface area (Å²) >= 11 is 6.28. The molecule has 140 valence electrons. The Balaban J connectivity index is 2.03. The number of para-hydroxylation sites is 1. The number of benzene rings is 2. The number of rotatable bonds is 6. The second kappa shape index (κ2) is 8.27. The summed E-state index contributed by atoms with van der Waals surface area (Å²) in [6.45, 7) is 4.24. The Hall–Kier alpha value is -2.79. The van der Waals surface area contributed by atoms with Gasteiger partial charge in [0.15, 0.2) is 12.4 Å². The Labute approximate surface area is 161 Å². The van der Waals surface area contributed by atoms with Crippen molar-refractivity contribution in [1.29, 1.82) is 0 Å². The van der Waals surface area contributed by atoms with Gasteiger partial charge < -0.3 is 14.5 Å². The van der Waals surface area contributed by atoms with E-state index in [1.807, 2.05) is 13.8 Å². The molecule has 0 aliphatic carbocycles. The summed E-state index contributed by atoms with van der Waals surface area (Å²) in [5.41, 5.74) is 0.608. The van der Waals surface area contributed by atoms with Gasteiger partial charge in [0, 0.05) is 12.1 Å². The van der Waals surface area contributed by atoms with Crippen LogP contribution in [0.2, 0.25) is 5.02 Å². The molecule has 0 aliphatic heterocycles. The number of nitrogens with one attached hydrogen (secondary N) is 1. The predicted molar refractivity (Wildman–Crippen MR) is 106 cm³/mol. The van der Waals surface area contributed by atoms with Crippen molar-refractivity contribution >= 4 is 28.5 Å². The number of ether oxygens (including phenoxy) is 1. The molecule has 1 amide bonds. The van der Waals surface area contributed by atoms with E-state index in [0.29, 0.717) is 34.0 Å². The van der Waals surface area contributed by atoms with Gasteiger partial charge in [-0.15, -0.1) is 0 Å². The Morgan fingerprint density at radius 1 is 1.15 bits per heavy atom. The summed E-state index contributed by atoms with van der Waals surface area (Å²) < 4.78 is 11.5. The third kappa shape index (κ3) is 4.31. The van der Waals surface area contributed by atoms with Crippen LogP contribution in [0.3, 0.4) is 0 Å². The smallest absolute Gasteiger partial charge is 0.257 e. The summed E-state index contributed by atoms with van der Waals surface area (Å²) in [7, 11) is 0. The molecule has 3 aromatic rings. The largest absolute Gasteiger partial charge is 0.476 e. The molecule has 0 spiro atoms. The Bertz CT molecular complexity index is 1030. The van der Waals surface area contributed by atoms with E-state index < -0.39 is 0 Å². The summed E-state index contributed by atoms with van der Waals surface area (Å²) in [5.74, 6) is 0.196. The quantitative estimate of drug-likeness (QED) is 0.688. The SMILES string of the molecule is CC(C)CNC(=O)COc1c(-c2ccccc2Cl)oc2ccccc2c1=O. The van der Waals surface area contributed by atoms with Crippen molar-refractivity contribution in [2.75, 3.05) is 13.2 Å². The molecule has 2 aromatic carbocycles. The van der Waals surface area contributed by atoms with Crippen LogP contribution in [0.1, 0.15) is 13.8 Å². The highest BCUT2D eigenvalue weighted by Gasteiger charge is 2.20. The zero-order valence-electron chi connectivity index (χ0n) is 15.1. The third-order valence-electron chi connectivity index (χ3n) is 3.93. The first kappa shape index (κ1) is 19.0. The second-order valence-electron chi connectivity index (χ2n) is 6.55. The molecule has 0 aliphatic rings. The second-order valence-corrected chi connectivity index (χ2v) is 6.96. The third-order valence-corrected chi connectivity index (χ3v) is 4.26. The van der Waals surface area contributed by atoms with E-state index in [9.17, 15) is 9.59 Å². The fourth-order valence-corrected chi connectivity index (χ4v) is 2.81. The van der Waals surface area contributed by atoms with Gasteiger partial charge in [0.25, 0.3) is 5.91 Å². The normalized spacial score (nSPS) is 11.0. The minimum atomic E-state index is -0.344. The van der Waals surface area contributed by atoms with Gasteiger partial charge in [0.1, 0.15) is 5.58 Å². The molecule has 1 N–H and O–H groups in total. The van der Waals surface area contributed by atoms with Crippen molar-refractivity contribution in [2.45, 2.75) is 13.8 Å². The van der Waals surface area contributed by atoms with Gasteiger partial charge in [0.05, 0.1) is 10.4 Å². The molecule has 0 radical (unpaired) electrons. The number of fused-ring (bicyclic) bond motifs is 1. The number of carbonyl (C=O) groups is 1. The van der Waals surface area contributed by atoms with Crippen LogP contribution < -0.4 is 15.5 Å². The van der Waals surface area contributed by atoms with Crippen LogP contribution in [0, 0.1) is 5.92 Å². The van der Waals surface area contributed by atoms with Crippen molar-refractivity contribution in [3.8, 4) is 17.1 Å². The maximum atomic E-state index is 13.0. The minimum absolute atomic E-state index is 0.0264. The van der Waals surface area contributed by atoms with Crippen molar-refractivity contribution in [3.05, 3.63) is 63.8 Å². The number of halogens is 1. The Morgan fingerprint density at radius 2 is 1.85 bits per heavy atom. The van der Waals surface area contributed by atoms with Gasteiger partial charge >= 0.3 is 0 Å². The summed E-state index contributed by atoms with van der Waals surface area (Å²) in [4.78, 5) is 25.0. The molecule has 27 heavy (non-hydrogen) atoms. The first-order valence-corrected chi connectivity index (χ1v) is 9.05. The molecule has 0 saturated carbocycles. The van der Waals surface area contributed by atoms with Crippen molar-refractivity contribution in [1.82, 2.24) is 5.32 Å². The van der Waals surface area contributed by atoms with Gasteiger partial charge in [-0.1, -0.05) is 49.7 Å². The summed E-state index contributed by atoms with van der Waals surface area (Å²) in [6.07, 6.45) is 0. The molecule has 1 aromatic heterocycles. The van der Waals surface area contributed by atoms with Crippen molar-refractivity contribution < 1.29 is 13.9 Å². The molecule has 0 unspecified atom stereocenters. The maximum absolute atomic E-state index is 13.0. The van der Waals surface area contributed by atoms with Crippen LogP contribution >= 0.6 is 11.6 Å². The topological polar surface area (TPSA) is 68.5 Å². The molecule has 0 saturated heterocycles. The summed E-state index contributed by atoms with van der Waals surface area (Å²) in [6, 6.07) is 13.9. The van der Waals surface area contributed by atoms with E-state index >= 15 is 0 Å². The zero-order chi connectivity index (χ0) is 19.4. The standard InChI is InChI=1S/C21H20ClNO4/c1-13(2)11-23-18(24)12-26-21-19(25)15-8-4-6-10-17(15)27-20(21)14-7-3-5-9-16(14)22/h3-10,13H,11-12H2,1-2H3,(H,23,24). The van der Waals surface area contributed by atoms with E-state index in [1.165, 1.54) is 0 Å². The lowest BCUT2D eigenvalue weighted by atomic mass is 10.1. The lowest BCUT2D eigenvalue weighted by molar-refractivity contribution is -0.123. The van der Waals surface area contributed by atoms with E-state index in [-0.39, 0.29) is 29.5 Å². The molecule has 0 atom stereocenters. The van der Waals surface area contributed by atoms with Gasteiger partial charge in [0.2, 0.25) is 11.2 Å². The number of hydrogen-bond donors (Lipinski definition) is 1. The first-order valence-electron chi connectivity index (χ1n) is 8.67. The zero-order valence-corrected chi connectivity index (χ0v) is 15.9. The number of amides is 1. The molecule has 5 nitrogen and oxygen atoms in total. The Kier molecular flexibility index (Phi) is 5.81. The monoisotopic (exact) mass is 385 g/mol. The number of hydrogen-bond acceptors (Lipinski definition) is 4. The van der Waals surface area contributed by atoms with Crippen LogP contribution in [-0.4, -0.2) is 19.1 Å². The highest BCUT2D eigenvalue weighted by atomic mass is 35.5. The number of carbonyl (C=O) groups excluding carboxylic acids is 1. The van der Waals surface area contributed by atoms with Crippen LogP contribution in [0.5, 0.6) is 5.75 Å². The summed E-state index contributed by atoms with van der Waals surface area (Å²) in [5, 5.41) is 3.56. The van der Waals surface area contributed by atoms with Gasteiger partial charge in [-0.25, -0.2) is 0 Å². The van der Waals surface area contributed by atoms with Crippen molar-refractivity contribution in [3.63, 3.8) is 0 Å². The van der Waals surface area contributed by atoms with Gasteiger partial charge in [-0.3, -0.25) is 9.59 Å². The molecular weight excluding hydrogens is 366 g/mol. The average molecular weight is 386 g/mol. The molecule has 3 rings (SSSR count).